The molecule has 3 aromatic heterocycles. The molecular formula is C45H50F2N10O6S. The molecule has 5 aromatic rings. The van der Waals surface area contributed by atoms with E-state index in [4.69, 9.17) is 4.98 Å². The van der Waals surface area contributed by atoms with Crippen molar-refractivity contribution in [1.82, 2.24) is 34.8 Å². The number of piperidine rings is 3. The van der Waals surface area contributed by atoms with Crippen molar-refractivity contribution in [2.24, 2.45) is 0 Å². The summed E-state index contributed by atoms with van der Waals surface area (Å²) in [6, 6.07) is 15.1. The number of hydrogen-bond acceptors (Lipinski definition) is 11. The van der Waals surface area contributed by atoms with Crippen LogP contribution >= 0.6 is 0 Å². The molecule has 1 atom stereocenters. The molecular weight excluding hydrogens is 847 g/mol. The lowest BCUT2D eigenvalue weighted by atomic mass is 9.89. The van der Waals surface area contributed by atoms with Crippen molar-refractivity contribution in [2.45, 2.75) is 63.5 Å². The van der Waals surface area contributed by atoms with Gasteiger partial charge < -0.3 is 25.4 Å². The number of H-pyrrole nitrogens is 1. The van der Waals surface area contributed by atoms with E-state index in [9.17, 15) is 27.6 Å². The quantitative estimate of drug-likeness (QED) is 0.0748. The summed E-state index contributed by atoms with van der Waals surface area (Å²) in [5.41, 5.74) is 2.20. The highest BCUT2D eigenvalue weighted by Gasteiger charge is 2.30. The Kier molecular flexibility index (Phi) is 13.0. The molecule has 3 fully saturated rings. The molecule has 0 spiro atoms. The van der Waals surface area contributed by atoms with Crippen LogP contribution in [0.1, 0.15) is 72.9 Å². The molecule has 8 rings (SSSR count). The van der Waals surface area contributed by atoms with Gasteiger partial charge in [0.05, 0.1) is 17.8 Å². The maximum atomic E-state index is 15.6. The van der Waals surface area contributed by atoms with Crippen LogP contribution in [-0.2, 0) is 24.6 Å². The number of likely N-dealkylation sites (tertiary alicyclic amines) is 1. The normalized spacial score (nSPS) is 17.8. The Morgan fingerprint density at radius 3 is 2.33 bits per heavy atom. The number of fused-ring (bicyclic) bond motifs is 1. The summed E-state index contributed by atoms with van der Waals surface area (Å²) >= 11 is 0. The van der Waals surface area contributed by atoms with Gasteiger partial charge in [0, 0.05) is 98.6 Å². The Hall–Kier alpha value is -6.31. The van der Waals surface area contributed by atoms with Gasteiger partial charge in [0.1, 0.15) is 23.3 Å². The zero-order chi connectivity index (χ0) is 45.1. The smallest absolute Gasteiger partial charge is 0.301 e. The van der Waals surface area contributed by atoms with E-state index in [1.54, 1.807) is 25.4 Å². The summed E-state index contributed by atoms with van der Waals surface area (Å²) in [6.07, 6.45) is 8.84. The van der Waals surface area contributed by atoms with Crippen LogP contribution in [0.4, 0.5) is 26.0 Å². The highest BCUT2D eigenvalue weighted by atomic mass is 32.2. The van der Waals surface area contributed by atoms with E-state index in [2.05, 4.69) is 47.7 Å². The minimum atomic E-state index is -4.14. The minimum absolute atomic E-state index is 0.0394. The van der Waals surface area contributed by atoms with Crippen molar-refractivity contribution >= 4 is 61.9 Å². The van der Waals surface area contributed by atoms with Gasteiger partial charge in [-0.2, -0.15) is 12.7 Å². The molecule has 0 bridgehead atoms. The molecule has 5 N–H and O–H groups in total. The Morgan fingerprint density at radius 1 is 0.906 bits per heavy atom. The molecule has 3 aliphatic heterocycles. The zero-order valence-electron chi connectivity index (χ0n) is 35.5. The molecule has 3 amide bonds. The SMILES string of the molecule is CCN(C)S(=O)(=O)Nc1ccc(F)c(C(=O)c2c[nH]c3ncc(-c4ccc(N5CCC(NCC(=O)N6CCC(c7ccc(NC8CCC(=O)NC8=O)cc7)CC6)CC5)nc4)cc23)c1F. The number of hydrogen-bond donors (Lipinski definition) is 5. The maximum absolute atomic E-state index is 15.6. The lowest BCUT2D eigenvalue weighted by Crippen LogP contribution is -2.48. The molecule has 2 aromatic carbocycles. The van der Waals surface area contributed by atoms with Crippen LogP contribution in [0.5, 0.6) is 0 Å². The third kappa shape index (κ3) is 9.60. The number of nitrogens with one attached hydrogen (secondary N) is 5. The Balaban J connectivity index is 0.812. The predicted octanol–water partition coefficient (Wildman–Crippen LogP) is 4.92. The minimum Gasteiger partial charge on any atom is -0.374 e. The third-order valence-electron chi connectivity index (χ3n) is 12.4. The van der Waals surface area contributed by atoms with Crippen molar-refractivity contribution in [3.63, 3.8) is 0 Å². The first kappa shape index (κ1) is 44.3. The second-order valence-corrected chi connectivity index (χ2v) is 18.2. The molecule has 336 valence electrons. The van der Waals surface area contributed by atoms with Crippen LogP contribution in [0.2, 0.25) is 0 Å². The third-order valence-corrected chi connectivity index (χ3v) is 14.0. The van der Waals surface area contributed by atoms with E-state index < -0.39 is 44.9 Å². The molecule has 3 aliphatic rings. The monoisotopic (exact) mass is 896 g/mol. The van der Waals surface area contributed by atoms with Gasteiger partial charge in [0.2, 0.25) is 23.5 Å². The number of pyridine rings is 2. The van der Waals surface area contributed by atoms with E-state index in [1.165, 1.54) is 18.8 Å². The summed E-state index contributed by atoms with van der Waals surface area (Å²) in [7, 11) is -2.84. The van der Waals surface area contributed by atoms with Crippen molar-refractivity contribution in [3.8, 4) is 11.1 Å². The summed E-state index contributed by atoms with van der Waals surface area (Å²) in [6.45, 7) is 4.86. The molecule has 0 saturated carbocycles. The summed E-state index contributed by atoms with van der Waals surface area (Å²) in [5.74, 6) is -2.76. The van der Waals surface area contributed by atoms with E-state index in [1.807, 2.05) is 29.2 Å². The average molecular weight is 897 g/mol. The van der Waals surface area contributed by atoms with Gasteiger partial charge in [-0.15, -0.1) is 0 Å². The van der Waals surface area contributed by atoms with E-state index in [0.29, 0.717) is 54.0 Å². The molecule has 1 unspecified atom stereocenters. The number of nitrogens with zero attached hydrogens (tertiary/aromatic N) is 5. The lowest BCUT2D eigenvalue weighted by molar-refractivity contribution is -0.134. The van der Waals surface area contributed by atoms with Crippen LogP contribution in [-0.4, -0.2) is 114 Å². The highest BCUT2D eigenvalue weighted by Crippen LogP contribution is 2.32. The van der Waals surface area contributed by atoms with Gasteiger partial charge in [-0.1, -0.05) is 19.1 Å². The van der Waals surface area contributed by atoms with Crippen LogP contribution in [0, 0.1) is 11.6 Å². The second-order valence-electron chi connectivity index (χ2n) is 16.4. The fraction of sp³-hybridized carbons (Fsp3) is 0.378. The number of halogens is 2. The van der Waals surface area contributed by atoms with Gasteiger partial charge in [-0.05, 0) is 86.1 Å². The number of amides is 3. The maximum Gasteiger partial charge on any atom is 0.301 e. The average Bonchev–Trinajstić information content (AvgIpc) is 3.74. The molecule has 3 saturated heterocycles. The number of aromatic amines is 1. The number of carbonyl (C=O) groups excluding carboxylic acids is 4. The van der Waals surface area contributed by atoms with Crippen LogP contribution in [0.25, 0.3) is 22.2 Å². The van der Waals surface area contributed by atoms with Crippen LogP contribution < -0.4 is 25.6 Å². The largest absolute Gasteiger partial charge is 0.374 e. The second kappa shape index (κ2) is 18.8. The first-order valence-electron chi connectivity index (χ1n) is 21.4. The number of carbonyl (C=O) groups is 4. The van der Waals surface area contributed by atoms with E-state index >= 15 is 8.78 Å². The van der Waals surface area contributed by atoms with Crippen molar-refractivity contribution in [3.05, 3.63) is 102 Å². The number of aromatic nitrogens is 3. The van der Waals surface area contributed by atoms with Gasteiger partial charge in [0.25, 0.3) is 0 Å². The molecule has 19 heteroatoms. The molecule has 0 radical (unpaired) electrons. The lowest BCUT2D eigenvalue weighted by Gasteiger charge is -2.35. The van der Waals surface area contributed by atoms with Gasteiger partial charge >= 0.3 is 10.2 Å². The zero-order valence-corrected chi connectivity index (χ0v) is 36.3. The summed E-state index contributed by atoms with van der Waals surface area (Å²) in [5, 5.41) is 9.38. The van der Waals surface area contributed by atoms with Gasteiger partial charge in [-0.25, -0.2) is 18.7 Å². The molecule has 16 nitrogen and oxygen atoms in total. The topological polar surface area (TPSA) is 202 Å². The first-order valence-corrected chi connectivity index (χ1v) is 22.9. The Bertz CT molecular complexity index is 2660. The number of anilines is 3. The van der Waals surface area contributed by atoms with E-state index in [0.717, 1.165) is 66.7 Å². The van der Waals surface area contributed by atoms with Gasteiger partial charge in [-0.3, -0.25) is 29.2 Å². The predicted molar refractivity (Wildman–Crippen MR) is 238 cm³/mol. The van der Waals surface area contributed by atoms with Crippen molar-refractivity contribution < 1.29 is 36.4 Å². The fourth-order valence-corrected chi connectivity index (χ4v) is 9.39. The Labute approximate surface area is 369 Å². The summed E-state index contributed by atoms with van der Waals surface area (Å²) in [4.78, 5) is 66.5. The number of ketones is 1. The molecule has 6 heterocycles. The standard InChI is InChI=1S/C45H50F2N10O6S/c1-3-55(2)64(62,63)54-36-10-9-35(46)41(42(36)47)43(60)34-25-51-44-33(34)22-30(24-50-44)29-6-12-38(49-23-29)56-20-16-31(17-21-56)48-26-40(59)57-18-14-28(15-19-57)27-4-7-32(8-5-27)52-37-11-13-39(58)53-45(37)61/h4-10,12,22-25,28,31,37,48,52,54H,3,11,13-21,26H2,1-2H3,(H,50,51)(H,53,58,61). The van der Waals surface area contributed by atoms with Crippen LogP contribution in [0.3, 0.4) is 0 Å². The first-order chi connectivity index (χ1) is 30.8. The Morgan fingerprint density at radius 2 is 1.64 bits per heavy atom. The summed E-state index contributed by atoms with van der Waals surface area (Å²) < 4.78 is 58.8. The van der Waals surface area contributed by atoms with Crippen molar-refractivity contribution in [1.29, 1.82) is 0 Å². The van der Waals surface area contributed by atoms with E-state index in [-0.39, 0.29) is 42.4 Å². The number of benzene rings is 2. The number of imide groups is 1. The fourth-order valence-electron chi connectivity index (χ4n) is 8.46. The number of rotatable bonds is 14. The molecule has 64 heavy (non-hydrogen) atoms. The van der Waals surface area contributed by atoms with Crippen LogP contribution in [0.15, 0.2) is 73.2 Å². The highest BCUT2D eigenvalue weighted by molar-refractivity contribution is 7.90. The van der Waals surface area contributed by atoms with Gasteiger partial charge in [0.15, 0.2) is 5.82 Å². The molecule has 0 aliphatic carbocycles. The van der Waals surface area contributed by atoms with Crippen molar-refractivity contribution in [2.75, 3.05) is 61.3 Å².